The fraction of sp³-hybridized carbons (Fsp3) is 0.531. The van der Waals surface area contributed by atoms with Crippen LogP contribution in [0, 0.1) is 5.92 Å². The summed E-state index contributed by atoms with van der Waals surface area (Å²) in [7, 11) is 0. The number of fused-ring (bicyclic) bond motifs is 1. The maximum Gasteiger partial charge on any atom is 0.410 e. The van der Waals surface area contributed by atoms with Crippen molar-refractivity contribution in [1.82, 2.24) is 20.1 Å². The van der Waals surface area contributed by atoms with Gasteiger partial charge in [0.05, 0.1) is 21.7 Å². The average molecular weight is 563 g/mol. The Hall–Kier alpha value is -2.97. The van der Waals surface area contributed by atoms with E-state index < -0.39 is 5.60 Å². The van der Waals surface area contributed by atoms with Crippen LogP contribution in [0.5, 0.6) is 0 Å². The van der Waals surface area contributed by atoms with Gasteiger partial charge in [0.2, 0.25) is 0 Å². The first-order valence-electron chi connectivity index (χ1n) is 14.7. The van der Waals surface area contributed by atoms with Crippen LogP contribution >= 0.6 is 11.3 Å². The summed E-state index contributed by atoms with van der Waals surface area (Å²) in [4.78, 5) is 37.0. The van der Waals surface area contributed by atoms with Crippen LogP contribution in [0.1, 0.15) is 75.7 Å². The van der Waals surface area contributed by atoms with Gasteiger partial charge >= 0.3 is 6.09 Å². The molecule has 2 aromatic heterocycles. The molecular formula is C32H42N4O3S. The van der Waals surface area contributed by atoms with Crippen molar-refractivity contribution in [3.8, 4) is 10.6 Å². The second-order valence-corrected chi connectivity index (χ2v) is 13.2. The van der Waals surface area contributed by atoms with Gasteiger partial charge in [0.1, 0.15) is 5.60 Å². The monoisotopic (exact) mass is 562 g/mol. The highest BCUT2D eigenvalue weighted by atomic mass is 32.1. The summed E-state index contributed by atoms with van der Waals surface area (Å²) in [5, 5.41) is 6.34. The Morgan fingerprint density at radius 1 is 1.05 bits per heavy atom. The van der Waals surface area contributed by atoms with E-state index in [1.165, 1.54) is 32.1 Å². The average Bonchev–Trinajstić information content (AvgIpc) is 3.47. The van der Waals surface area contributed by atoms with Gasteiger partial charge < -0.3 is 15.0 Å². The molecule has 214 valence electrons. The zero-order chi connectivity index (χ0) is 28.3. The third kappa shape index (κ3) is 6.66. The van der Waals surface area contributed by atoms with Crippen LogP contribution in [0.25, 0.3) is 21.5 Å². The van der Waals surface area contributed by atoms with Gasteiger partial charge in [-0.2, -0.15) is 0 Å². The Bertz CT molecular complexity index is 1320. The minimum absolute atomic E-state index is 0.0168. The fourth-order valence-corrected chi connectivity index (χ4v) is 6.69. The third-order valence-electron chi connectivity index (χ3n) is 8.10. The molecule has 2 fully saturated rings. The Morgan fingerprint density at radius 2 is 1.77 bits per heavy atom. The molecule has 1 aromatic carbocycles. The number of hydrogen-bond acceptors (Lipinski definition) is 6. The van der Waals surface area contributed by atoms with Crippen LogP contribution in [0.4, 0.5) is 4.79 Å². The topological polar surface area (TPSA) is 74.8 Å². The first-order chi connectivity index (χ1) is 19.2. The number of nitrogens with zero attached hydrogens (tertiary/aromatic N) is 3. The molecule has 1 N–H and O–H groups in total. The van der Waals surface area contributed by atoms with Crippen LogP contribution in [-0.4, -0.2) is 64.6 Å². The Labute approximate surface area is 241 Å². The Kier molecular flexibility index (Phi) is 8.76. The lowest BCUT2D eigenvalue weighted by Crippen LogP contribution is -2.49. The second-order valence-electron chi connectivity index (χ2n) is 12.2. The van der Waals surface area contributed by atoms with Crippen molar-refractivity contribution in [3.05, 3.63) is 52.9 Å². The van der Waals surface area contributed by atoms with E-state index in [-0.39, 0.29) is 18.0 Å². The summed E-state index contributed by atoms with van der Waals surface area (Å²) in [5.41, 5.74) is 2.88. The van der Waals surface area contributed by atoms with Crippen molar-refractivity contribution in [3.63, 3.8) is 0 Å². The minimum Gasteiger partial charge on any atom is -0.444 e. The lowest BCUT2D eigenvalue weighted by molar-refractivity contribution is 0.0139. The molecule has 40 heavy (non-hydrogen) atoms. The van der Waals surface area contributed by atoms with Crippen molar-refractivity contribution in [1.29, 1.82) is 0 Å². The molecule has 1 aliphatic carbocycles. The van der Waals surface area contributed by atoms with Gasteiger partial charge in [-0.25, -0.2) is 9.78 Å². The first kappa shape index (κ1) is 28.6. The molecule has 0 spiro atoms. The summed E-state index contributed by atoms with van der Waals surface area (Å²) in [5.74, 6) is 0.504. The highest BCUT2D eigenvalue weighted by Crippen LogP contribution is 2.34. The number of thiophene rings is 1. The molecule has 1 unspecified atom stereocenters. The van der Waals surface area contributed by atoms with E-state index in [0.29, 0.717) is 38.6 Å². The molecule has 7 nitrogen and oxygen atoms in total. The number of aromatic nitrogens is 1. The van der Waals surface area contributed by atoms with Gasteiger partial charge in [-0.05, 0) is 64.0 Å². The van der Waals surface area contributed by atoms with Gasteiger partial charge in [-0.15, -0.1) is 11.3 Å². The number of amides is 2. The third-order valence-corrected chi connectivity index (χ3v) is 8.97. The zero-order valence-corrected chi connectivity index (χ0v) is 25.1. The largest absolute Gasteiger partial charge is 0.444 e. The predicted molar refractivity (Wildman–Crippen MR) is 162 cm³/mol. The lowest BCUT2D eigenvalue weighted by atomic mass is 9.84. The summed E-state index contributed by atoms with van der Waals surface area (Å²) in [6, 6.07) is 12.2. The van der Waals surface area contributed by atoms with E-state index in [4.69, 9.17) is 9.72 Å². The first-order valence-corrected chi connectivity index (χ1v) is 15.5. The van der Waals surface area contributed by atoms with Crippen molar-refractivity contribution in [2.75, 3.05) is 26.2 Å². The van der Waals surface area contributed by atoms with Gasteiger partial charge in [0.25, 0.3) is 5.91 Å². The summed E-state index contributed by atoms with van der Waals surface area (Å²) < 4.78 is 5.59. The van der Waals surface area contributed by atoms with E-state index in [1.54, 1.807) is 16.2 Å². The molecule has 3 aromatic rings. The van der Waals surface area contributed by atoms with Gasteiger partial charge in [-0.3, -0.25) is 9.69 Å². The highest BCUT2D eigenvalue weighted by Gasteiger charge is 2.30. The quantitative estimate of drug-likeness (QED) is 0.361. The van der Waals surface area contributed by atoms with E-state index >= 15 is 0 Å². The number of benzene rings is 1. The Morgan fingerprint density at radius 3 is 2.45 bits per heavy atom. The zero-order valence-electron chi connectivity index (χ0n) is 24.2. The van der Waals surface area contributed by atoms with E-state index in [0.717, 1.165) is 32.6 Å². The second kappa shape index (κ2) is 12.3. The number of carbonyl (C=O) groups excluding carboxylic acids is 2. The van der Waals surface area contributed by atoms with Gasteiger partial charge in [-0.1, -0.05) is 43.5 Å². The van der Waals surface area contributed by atoms with Crippen molar-refractivity contribution in [2.24, 2.45) is 5.92 Å². The SMILES string of the molecule is CC(NC(=O)c1c(CN2CCN(C(=O)OC(C)(C)C)CC2)c(-c2cccs2)nc2ccccc12)C1CCCCC1. The van der Waals surface area contributed by atoms with Crippen LogP contribution in [0.3, 0.4) is 0 Å². The highest BCUT2D eigenvalue weighted by molar-refractivity contribution is 7.13. The molecule has 8 heteroatoms. The molecule has 0 radical (unpaired) electrons. The number of para-hydroxylation sites is 1. The molecule has 5 rings (SSSR count). The van der Waals surface area contributed by atoms with Crippen molar-refractivity contribution in [2.45, 2.75) is 78.0 Å². The molecule has 1 saturated heterocycles. The molecular weight excluding hydrogens is 520 g/mol. The van der Waals surface area contributed by atoms with Crippen molar-refractivity contribution < 1.29 is 14.3 Å². The normalized spacial score (nSPS) is 18.1. The molecule has 0 bridgehead atoms. The molecule has 3 heterocycles. The molecule has 1 atom stereocenters. The van der Waals surface area contributed by atoms with Crippen molar-refractivity contribution >= 4 is 34.2 Å². The Balaban J connectivity index is 1.45. The lowest BCUT2D eigenvalue weighted by Gasteiger charge is -2.36. The number of nitrogens with one attached hydrogen (secondary N) is 1. The maximum absolute atomic E-state index is 14.1. The van der Waals surface area contributed by atoms with Gasteiger partial charge in [0, 0.05) is 49.7 Å². The predicted octanol–water partition coefficient (Wildman–Crippen LogP) is 6.71. The number of rotatable bonds is 6. The fourth-order valence-electron chi connectivity index (χ4n) is 5.95. The summed E-state index contributed by atoms with van der Waals surface area (Å²) in [6.07, 6.45) is 5.86. The number of piperazine rings is 1. The van der Waals surface area contributed by atoms with Crippen LogP contribution in [0.2, 0.25) is 0 Å². The number of ether oxygens (including phenoxy) is 1. The number of carbonyl (C=O) groups is 2. The molecule has 2 amide bonds. The smallest absolute Gasteiger partial charge is 0.410 e. The van der Waals surface area contributed by atoms with E-state index in [1.807, 2.05) is 51.1 Å². The standard InChI is InChI=1S/C32H42N4O3S/c1-22(23-11-6-5-7-12-23)33-30(37)28-24-13-8-9-14-26(24)34-29(27-15-10-20-40-27)25(28)21-35-16-18-36(19-17-35)31(38)39-32(2,3)4/h8-10,13-15,20,22-23H,5-7,11-12,16-19,21H2,1-4H3,(H,33,37). The van der Waals surface area contributed by atoms with Crippen LogP contribution in [-0.2, 0) is 11.3 Å². The van der Waals surface area contributed by atoms with Gasteiger partial charge in [0.15, 0.2) is 0 Å². The number of hydrogen-bond donors (Lipinski definition) is 1. The summed E-state index contributed by atoms with van der Waals surface area (Å²) in [6.45, 7) is 11.0. The van der Waals surface area contributed by atoms with E-state index in [9.17, 15) is 9.59 Å². The summed E-state index contributed by atoms with van der Waals surface area (Å²) >= 11 is 1.65. The van der Waals surface area contributed by atoms with Crippen LogP contribution < -0.4 is 5.32 Å². The maximum atomic E-state index is 14.1. The molecule has 2 aliphatic rings. The van der Waals surface area contributed by atoms with Crippen LogP contribution in [0.15, 0.2) is 41.8 Å². The number of pyridine rings is 1. The molecule has 1 saturated carbocycles. The molecule has 1 aliphatic heterocycles. The minimum atomic E-state index is -0.516. The van der Waals surface area contributed by atoms with E-state index in [2.05, 4.69) is 28.6 Å².